The average molecular weight is 288 g/mol. The molecule has 2 aromatic rings. The minimum Gasteiger partial charge on any atom is -0.508 e. The van der Waals surface area contributed by atoms with Crippen LogP contribution in [0, 0.1) is 13.8 Å². The number of aromatic hydroxyl groups is 1. The molecular weight excluding hydrogens is 264 g/mol. The third kappa shape index (κ3) is 4.08. The Labute approximate surface area is 126 Å². The van der Waals surface area contributed by atoms with Crippen LogP contribution in [0.5, 0.6) is 5.75 Å². The van der Waals surface area contributed by atoms with Crippen LogP contribution in [0.15, 0.2) is 28.8 Å². The molecule has 1 heterocycles. The van der Waals surface area contributed by atoms with Crippen LogP contribution in [0.2, 0.25) is 0 Å². The Hall–Kier alpha value is -1.81. The van der Waals surface area contributed by atoms with Gasteiger partial charge in [-0.05, 0) is 58.2 Å². The van der Waals surface area contributed by atoms with E-state index in [1.165, 1.54) is 5.56 Å². The number of phenolic OH excluding ortho intramolecular Hbond substituents is 1. The molecule has 114 valence electrons. The van der Waals surface area contributed by atoms with Crippen LogP contribution >= 0.6 is 0 Å². The fourth-order valence-corrected chi connectivity index (χ4v) is 2.75. The van der Waals surface area contributed by atoms with E-state index < -0.39 is 0 Å². The number of nitrogens with one attached hydrogen (secondary N) is 1. The Morgan fingerprint density at radius 2 is 1.86 bits per heavy atom. The Morgan fingerprint density at radius 1 is 1.19 bits per heavy atom. The fourth-order valence-electron chi connectivity index (χ4n) is 2.75. The number of aryl methyl sites for hydroxylation is 3. The maximum absolute atomic E-state index is 9.28. The van der Waals surface area contributed by atoms with Gasteiger partial charge in [0, 0.05) is 17.6 Å². The van der Waals surface area contributed by atoms with E-state index >= 15 is 0 Å². The highest BCUT2D eigenvalue weighted by Crippen LogP contribution is 2.22. The van der Waals surface area contributed by atoms with E-state index in [4.69, 9.17) is 4.52 Å². The van der Waals surface area contributed by atoms with Gasteiger partial charge >= 0.3 is 0 Å². The summed E-state index contributed by atoms with van der Waals surface area (Å²) in [5, 5.41) is 16.9. The monoisotopic (exact) mass is 288 g/mol. The first-order chi connectivity index (χ1) is 9.97. The third-order valence-electron chi connectivity index (χ3n) is 3.86. The van der Waals surface area contributed by atoms with Crippen molar-refractivity contribution in [3.8, 4) is 5.75 Å². The summed E-state index contributed by atoms with van der Waals surface area (Å²) in [5.74, 6) is 1.20. The lowest BCUT2D eigenvalue weighted by atomic mass is 10.0. The van der Waals surface area contributed by atoms with Crippen LogP contribution in [0.4, 0.5) is 0 Å². The molecule has 0 fully saturated rings. The van der Waals surface area contributed by atoms with Gasteiger partial charge in [-0.15, -0.1) is 0 Å². The van der Waals surface area contributed by atoms with Gasteiger partial charge in [0.15, 0.2) is 0 Å². The van der Waals surface area contributed by atoms with Crippen molar-refractivity contribution in [1.29, 1.82) is 0 Å². The maximum atomic E-state index is 9.28. The van der Waals surface area contributed by atoms with Crippen LogP contribution in [-0.2, 0) is 6.42 Å². The Morgan fingerprint density at radius 3 is 2.43 bits per heavy atom. The summed E-state index contributed by atoms with van der Waals surface area (Å²) >= 11 is 0. The van der Waals surface area contributed by atoms with E-state index in [0.29, 0.717) is 11.8 Å². The number of hydrogen-bond donors (Lipinski definition) is 2. The first kappa shape index (κ1) is 15.6. The molecule has 1 aromatic carbocycles. The minimum atomic E-state index is 0.228. The lowest BCUT2D eigenvalue weighted by Crippen LogP contribution is -2.29. The van der Waals surface area contributed by atoms with Gasteiger partial charge < -0.3 is 14.9 Å². The van der Waals surface area contributed by atoms with Crippen molar-refractivity contribution >= 4 is 0 Å². The van der Waals surface area contributed by atoms with Gasteiger partial charge in [-0.2, -0.15) is 0 Å². The molecule has 0 aliphatic rings. The Kier molecular flexibility index (Phi) is 5.02. The Bertz CT molecular complexity index is 555. The van der Waals surface area contributed by atoms with Crippen molar-refractivity contribution in [3.05, 3.63) is 46.8 Å². The van der Waals surface area contributed by atoms with Crippen molar-refractivity contribution < 1.29 is 9.63 Å². The second kappa shape index (κ2) is 6.76. The summed E-state index contributed by atoms with van der Waals surface area (Å²) in [7, 11) is 0. The molecule has 0 bridgehead atoms. The van der Waals surface area contributed by atoms with Gasteiger partial charge in [0.1, 0.15) is 11.5 Å². The quantitative estimate of drug-likeness (QED) is 0.851. The molecule has 4 heteroatoms. The van der Waals surface area contributed by atoms with Crippen LogP contribution in [0.25, 0.3) is 0 Å². The number of rotatable bonds is 6. The van der Waals surface area contributed by atoms with Gasteiger partial charge in [-0.1, -0.05) is 17.3 Å². The first-order valence-corrected chi connectivity index (χ1v) is 7.44. The van der Waals surface area contributed by atoms with Crippen LogP contribution in [0.1, 0.15) is 48.9 Å². The predicted molar refractivity (Wildman–Crippen MR) is 83.4 cm³/mol. The molecular formula is C17H24N2O2. The van der Waals surface area contributed by atoms with Gasteiger partial charge in [-0.3, -0.25) is 0 Å². The lowest BCUT2D eigenvalue weighted by Gasteiger charge is -2.20. The van der Waals surface area contributed by atoms with Crippen LogP contribution in [-0.4, -0.2) is 16.3 Å². The highest BCUT2D eigenvalue weighted by molar-refractivity contribution is 5.26. The molecule has 2 atom stereocenters. The van der Waals surface area contributed by atoms with Gasteiger partial charge in [0.25, 0.3) is 0 Å². The van der Waals surface area contributed by atoms with Crippen molar-refractivity contribution in [2.24, 2.45) is 0 Å². The van der Waals surface area contributed by atoms with E-state index in [-0.39, 0.29) is 6.04 Å². The van der Waals surface area contributed by atoms with E-state index in [1.54, 1.807) is 12.1 Å². The molecule has 4 nitrogen and oxygen atoms in total. The average Bonchev–Trinajstić information content (AvgIpc) is 2.77. The molecule has 0 saturated carbocycles. The van der Waals surface area contributed by atoms with Crippen LogP contribution < -0.4 is 5.32 Å². The normalized spacial score (nSPS) is 14.1. The second-order valence-electron chi connectivity index (χ2n) is 5.73. The summed E-state index contributed by atoms with van der Waals surface area (Å²) < 4.78 is 5.22. The molecule has 0 radical (unpaired) electrons. The molecule has 21 heavy (non-hydrogen) atoms. The zero-order valence-electron chi connectivity index (χ0n) is 13.2. The number of benzene rings is 1. The number of aromatic nitrogens is 1. The maximum Gasteiger partial charge on any atom is 0.138 e. The van der Waals surface area contributed by atoms with Crippen molar-refractivity contribution in [3.63, 3.8) is 0 Å². The Balaban J connectivity index is 1.87. The van der Waals surface area contributed by atoms with Gasteiger partial charge in [0.2, 0.25) is 0 Å². The molecule has 2 unspecified atom stereocenters. The zero-order chi connectivity index (χ0) is 15.4. The molecule has 1 aromatic heterocycles. The van der Waals surface area contributed by atoms with Crippen LogP contribution in [0.3, 0.4) is 0 Å². The summed E-state index contributed by atoms with van der Waals surface area (Å²) in [5.41, 5.74) is 3.36. The van der Waals surface area contributed by atoms with E-state index in [1.807, 2.05) is 26.0 Å². The minimum absolute atomic E-state index is 0.228. The summed E-state index contributed by atoms with van der Waals surface area (Å²) in [6, 6.07) is 8.04. The fraction of sp³-hybridized carbons (Fsp3) is 0.471. The number of phenols is 1. The van der Waals surface area contributed by atoms with Crippen molar-refractivity contribution in [2.75, 3.05) is 0 Å². The lowest BCUT2D eigenvalue weighted by molar-refractivity contribution is 0.388. The molecule has 0 aliphatic heterocycles. The SMILES string of the molecule is Cc1noc(C)c1C(C)NC(C)CCc1ccc(O)cc1. The first-order valence-electron chi connectivity index (χ1n) is 7.44. The van der Waals surface area contributed by atoms with E-state index in [2.05, 4.69) is 24.3 Å². The van der Waals surface area contributed by atoms with Crippen molar-refractivity contribution in [1.82, 2.24) is 10.5 Å². The molecule has 0 saturated heterocycles. The topological polar surface area (TPSA) is 58.3 Å². The number of nitrogens with zero attached hydrogens (tertiary/aromatic N) is 1. The van der Waals surface area contributed by atoms with E-state index in [0.717, 1.165) is 29.9 Å². The van der Waals surface area contributed by atoms with Crippen molar-refractivity contribution in [2.45, 2.75) is 52.6 Å². The largest absolute Gasteiger partial charge is 0.508 e. The highest BCUT2D eigenvalue weighted by Gasteiger charge is 2.17. The van der Waals surface area contributed by atoms with Gasteiger partial charge in [0.05, 0.1) is 5.69 Å². The summed E-state index contributed by atoms with van der Waals surface area (Å²) in [6.07, 6.45) is 2.03. The van der Waals surface area contributed by atoms with E-state index in [9.17, 15) is 5.11 Å². The molecule has 0 aliphatic carbocycles. The molecule has 0 spiro atoms. The highest BCUT2D eigenvalue weighted by atomic mass is 16.5. The smallest absolute Gasteiger partial charge is 0.138 e. The molecule has 2 rings (SSSR count). The molecule has 2 N–H and O–H groups in total. The standard InChI is InChI=1S/C17H24N2O2/c1-11(5-6-15-7-9-16(20)10-8-15)18-12(2)17-13(3)19-21-14(17)4/h7-12,18,20H,5-6H2,1-4H3. The third-order valence-corrected chi connectivity index (χ3v) is 3.86. The predicted octanol–water partition coefficient (Wildman–Crippen LogP) is 3.67. The number of hydrogen-bond acceptors (Lipinski definition) is 4. The summed E-state index contributed by atoms with van der Waals surface area (Å²) in [4.78, 5) is 0. The molecule has 0 amide bonds. The van der Waals surface area contributed by atoms with Gasteiger partial charge in [-0.25, -0.2) is 0 Å². The summed E-state index contributed by atoms with van der Waals surface area (Å²) in [6.45, 7) is 8.26. The second-order valence-corrected chi connectivity index (χ2v) is 5.73. The zero-order valence-corrected chi connectivity index (χ0v) is 13.2.